The number of carbonyl (C=O) groups is 2. The van der Waals surface area contributed by atoms with Gasteiger partial charge in [-0.3, -0.25) is 9.59 Å². The van der Waals surface area contributed by atoms with E-state index in [0.717, 1.165) is 19.3 Å². The van der Waals surface area contributed by atoms with Crippen LogP contribution < -0.4 is 0 Å². The van der Waals surface area contributed by atoms with Gasteiger partial charge < -0.3 is 43.1 Å². The Bertz CT molecular complexity index is 1590. The topological polar surface area (TPSA) is 169 Å². The van der Waals surface area contributed by atoms with Crippen LogP contribution in [0.25, 0.3) is 0 Å². The number of aromatic nitrogens is 2. The number of ketones is 1. The summed E-state index contributed by atoms with van der Waals surface area (Å²) in [7, 11) is 0. The van der Waals surface area contributed by atoms with Crippen LogP contribution in [0.2, 0.25) is 0 Å². The Morgan fingerprint density at radius 1 is 0.966 bits per heavy atom. The van der Waals surface area contributed by atoms with Crippen molar-refractivity contribution in [1.82, 2.24) is 10.2 Å². The quantitative estimate of drug-likeness (QED) is 0.151. The van der Waals surface area contributed by atoms with Gasteiger partial charge >= 0.3 is 5.97 Å². The van der Waals surface area contributed by atoms with E-state index in [1.54, 1.807) is 0 Å². The first-order valence-corrected chi connectivity index (χ1v) is 22.3. The van der Waals surface area contributed by atoms with Gasteiger partial charge in [-0.1, -0.05) is 55.4 Å². The lowest BCUT2D eigenvalue weighted by atomic mass is 9.72. The molecule has 5 aliphatic heterocycles. The number of Topliss-reactive ketones (excluding diaryl/α,β-unsaturated/α-hetero) is 1. The summed E-state index contributed by atoms with van der Waals surface area (Å²) in [6, 6.07) is 0. The van der Waals surface area contributed by atoms with Crippen LogP contribution in [-0.4, -0.2) is 97.7 Å². The Labute approximate surface area is 345 Å². The van der Waals surface area contributed by atoms with E-state index in [1.165, 1.54) is 13.3 Å². The maximum atomic E-state index is 14.7. The fourth-order valence-electron chi connectivity index (χ4n) is 11.1. The maximum absolute atomic E-state index is 14.7. The third kappa shape index (κ3) is 8.48. The molecule has 0 radical (unpaired) electrons. The molecule has 58 heavy (non-hydrogen) atoms. The van der Waals surface area contributed by atoms with E-state index in [4.69, 9.17) is 32.8 Å². The molecule has 1 aromatic heterocycles. The molecule has 2 spiro atoms. The first-order chi connectivity index (χ1) is 27.4. The molecule has 6 heterocycles. The fraction of sp³-hybridized carbons (Fsp3) is 0.867. The second-order valence-electron chi connectivity index (χ2n) is 18.9. The summed E-state index contributed by atoms with van der Waals surface area (Å²) < 4.78 is 45.9. The SMILES string of the molecule is CC[C@@H](C(=O)[C@@H](C)[C@@H](O)[C@H](C)[C@@H]1O[C@@H]([C@@H](CC)c2nnco2)CC[C@@H]1C)[C@H]1O[C@]2(C=C[C@@H](OC(C)=O)[C@]3(CC[C@@](C)([C@H]4CC[C@](O)(CC)[C@H](C)O4)O3)O2)[C@H](C)C[C@@H]1C. The van der Waals surface area contributed by atoms with Gasteiger partial charge in [0.05, 0.1) is 53.7 Å². The van der Waals surface area contributed by atoms with Crippen LogP contribution in [-0.2, 0) is 38.0 Å². The Morgan fingerprint density at radius 2 is 1.71 bits per heavy atom. The largest absolute Gasteiger partial charge is 0.453 e. The highest BCUT2D eigenvalue weighted by atomic mass is 16.8. The number of esters is 1. The zero-order valence-corrected chi connectivity index (χ0v) is 36.8. The van der Waals surface area contributed by atoms with Gasteiger partial charge in [-0.15, -0.1) is 10.2 Å². The van der Waals surface area contributed by atoms with E-state index in [1.807, 2.05) is 53.7 Å². The van der Waals surface area contributed by atoms with Gasteiger partial charge in [0, 0.05) is 37.0 Å². The highest BCUT2D eigenvalue weighted by Gasteiger charge is 2.64. The summed E-state index contributed by atoms with van der Waals surface area (Å²) in [5.74, 6) is -4.03. The minimum Gasteiger partial charge on any atom is -0.453 e. The predicted molar refractivity (Wildman–Crippen MR) is 214 cm³/mol. The number of hydrogen-bond acceptors (Lipinski definition) is 13. The molecule has 13 heteroatoms. The minimum atomic E-state index is -1.36. The van der Waals surface area contributed by atoms with Crippen LogP contribution in [0, 0.1) is 35.5 Å². The molecule has 328 valence electrons. The zero-order chi connectivity index (χ0) is 42.4. The van der Waals surface area contributed by atoms with Gasteiger partial charge in [-0.25, -0.2) is 0 Å². The molecule has 0 unspecified atom stereocenters. The van der Waals surface area contributed by atoms with Crippen molar-refractivity contribution in [3.8, 4) is 0 Å². The molecule has 5 aliphatic rings. The van der Waals surface area contributed by atoms with Crippen molar-refractivity contribution in [3.05, 3.63) is 24.4 Å². The molecular weight excluding hydrogens is 744 g/mol. The van der Waals surface area contributed by atoms with Gasteiger partial charge in [0.2, 0.25) is 18.1 Å². The lowest BCUT2D eigenvalue weighted by molar-refractivity contribution is -0.409. The molecule has 6 rings (SSSR count). The molecule has 0 amide bonds. The van der Waals surface area contributed by atoms with Crippen molar-refractivity contribution >= 4 is 11.8 Å². The average Bonchev–Trinajstić information content (AvgIpc) is 3.85. The van der Waals surface area contributed by atoms with Crippen molar-refractivity contribution in [2.45, 2.75) is 212 Å². The second kappa shape index (κ2) is 17.6. The number of rotatable bonds is 13. The number of hydrogen-bond donors (Lipinski definition) is 2. The molecule has 0 aliphatic carbocycles. The van der Waals surface area contributed by atoms with Crippen LogP contribution in [0.3, 0.4) is 0 Å². The standard InChI is InChI=1S/C45H72N2O11/c1-12-32(41-47-46-24-52-41)34-16-15-25(4)39(55-34)29(8)37(49)28(7)38(50)33(13-2)40-26(5)23-27(6)44(56-40)20-18-36(54-31(10)48)45(58-44)22-21-42(11,57-45)35-17-19-43(51,14-3)30(9)53-35/h18,20,24-30,32-37,39-40,49,51H,12-17,19,21-23H2,1-11H3/t25-,26-,27+,28-,29-,30-,32+,33-,34+,35+,36+,37+,39+,40-,42-,43+,44-,45-/m0/s1. The lowest BCUT2D eigenvalue weighted by Gasteiger charge is -2.54. The van der Waals surface area contributed by atoms with Crippen molar-refractivity contribution < 1.29 is 52.6 Å². The first kappa shape index (κ1) is 45.3. The molecule has 4 fully saturated rings. The summed E-state index contributed by atoms with van der Waals surface area (Å²) in [6.45, 7) is 21.5. The Kier molecular flexibility index (Phi) is 13.7. The highest BCUT2D eigenvalue weighted by Crippen LogP contribution is 2.54. The number of carbonyl (C=O) groups excluding carboxylic acids is 2. The molecule has 0 aromatic carbocycles. The van der Waals surface area contributed by atoms with Crippen molar-refractivity contribution in [1.29, 1.82) is 0 Å². The Morgan fingerprint density at radius 3 is 2.33 bits per heavy atom. The zero-order valence-electron chi connectivity index (χ0n) is 36.8. The van der Waals surface area contributed by atoms with Gasteiger partial charge in [-0.2, -0.15) is 0 Å². The normalized spacial score (nSPS) is 43.2. The predicted octanol–water partition coefficient (Wildman–Crippen LogP) is 7.22. The summed E-state index contributed by atoms with van der Waals surface area (Å²) in [5.41, 5.74) is -1.68. The maximum Gasteiger partial charge on any atom is 0.303 e. The van der Waals surface area contributed by atoms with Crippen molar-refractivity contribution in [3.63, 3.8) is 0 Å². The van der Waals surface area contributed by atoms with E-state index < -0.39 is 58.9 Å². The smallest absolute Gasteiger partial charge is 0.303 e. The Balaban J connectivity index is 1.20. The van der Waals surface area contributed by atoms with Gasteiger partial charge in [-0.05, 0) is 95.6 Å². The number of ether oxygens (including phenoxy) is 6. The third-order valence-corrected chi connectivity index (χ3v) is 15.1. The first-order valence-electron chi connectivity index (χ1n) is 22.3. The fourth-order valence-corrected chi connectivity index (χ4v) is 11.1. The molecular formula is C45H72N2O11. The summed E-state index contributed by atoms with van der Waals surface area (Å²) >= 11 is 0. The van der Waals surface area contributed by atoms with Crippen molar-refractivity contribution in [2.75, 3.05) is 0 Å². The average molecular weight is 817 g/mol. The van der Waals surface area contributed by atoms with Gasteiger partial charge in [0.1, 0.15) is 5.78 Å². The monoisotopic (exact) mass is 817 g/mol. The molecule has 0 bridgehead atoms. The van der Waals surface area contributed by atoms with E-state index in [9.17, 15) is 19.8 Å². The van der Waals surface area contributed by atoms with E-state index in [2.05, 4.69) is 37.9 Å². The van der Waals surface area contributed by atoms with E-state index in [0.29, 0.717) is 50.8 Å². The second-order valence-corrected chi connectivity index (χ2v) is 18.9. The van der Waals surface area contributed by atoms with Crippen LogP contribution in [0.15, 0.2) is 23.0 Å². The Hall–Kier alpha value is -2.26. The number of nitrogens with zero attached hydrogens (tertiary/aromatic N) is 2. The van der Waals surface area contributed by atoms with Crippen LogP contribution in [0.4, 0.5) is 0 Å². The van der Waals surface area contributed by atoms with E-state index >= 15 is 0 Å². The van der Waals surface area contributed by atoms with E-state index in [-0.39, 0.29) is 59.8 Å². The minimum absolute atomic E-state index is 0.0118. The number of aliphatic hydroxyl groups is 2. The summed E-state index contributed by atoms with van der Waals surface area (Å²) in [5, 5.41) is 31.1. The molecule has 18 atom stereocenters. The van der Waals surface area contributed by atoms with Crippen LogP contribution in [0.1, 0.15) is 152 Å². The molecule has 4 saturated heterocycles. The lowest BCUT2D eigenvalue weighted by Crippen LogP contribution is -2.63. The van der Waals surface area contributed by atoms with Crippen LogP contribution >= 0.6 is 0 Å². The molecule has 0 saturated carbocycles. The van der Waals surface area contributed by atoms with Crippen molar-refractivity contribution in [2.24, 2.45) is 35.5 Å². The number of aliphatic hydroxyl groups excluding tert-OH is 1. The van der Waals surface area contributed by atoms with Gasteiger partial charge in [0.25, 0.3) is 0 Å². The van der Waals surface area contributed by atoms with Crippen LogP contribution in [0.5, 0.6) is 0 Å². The van der Waals surface area contributed by atoms with Gasteiger partial charge in [0.15, 0.2) is 11.9 Å². The highest BCUT2D eigenvalue weighted by molar-refractivity contribution is 5.84. The molecule has 1 aromatic rings. The summed E-state index contributed by atoms with van der Waals surface area (Å²) in [6.07, 6.45) is 8.27. The summed E-state index contributed by atoms with van der Waals surface area (Å²) in [4.78, 5) is 27.1. The molecule has 2 N–H and O–H groups in total. The third-order valence-electron chi connectivity index (χ3n) is 15.1. The molecule has 13 nitrogen and oxygen atoms in total.